The number of ether oxygens (including phenoxy) is 1. The lowest BCUT2D eigenvalue weighted by Crippen LogP contribution is -2.50. The van der Waals surface area contributed by atoms with E-state index < -0.39 is 11.6 Å². The van der Waals surface area contributed by atoms with E-state index in [1.807, 2.05) is 12.1 Å². The first-order valence-electron chi connectivity index (χ1n) is 8.60. The zero-order valence-corrected chi connectivity index (χ0v) is 15.4. The van der Waals surface area contributed by atoms with Crippen LogP contribution < -0.4 is 4.74 Å². The van der Waals surface area contributed by atoms with Gasteiger partial charge in [0.1, 0.15) is 12.4 Å². The van der Waals surface area contributed by atoms with Crippen molar-refractivity contribution in [1.29, 1.82) is 0 Å². The molecule has 0 aromatic heterocycles. The minimum Gasteiger partial charge on any atom is -0.488 e. The third kappa shape index (κ3) is 4.40. The second-order valence-corrected chi connectivity index (χ2v) is 6.98. The van der Waals surface area contributed by atoms with Crippen LogP contribution in [0.5, 0.6) is 5.75 Å². The summed E-state index contributed by atoms with van der Waals surface area (Å²) in [4.78, 5) is 25.5. The van der Waals surface area contributed by atoms with Gasteiger partial charge >= 0.3 is 5.97 Å². The van der Waals surface area contributed by atoms with E-state index in [2.05, 4.69) is 0 Å². The zero-order valence-electron chi connectivity index (χ0n) is 14.6. The highest BCUT2D eigenvalue weighted by Crippen LogP contribution is 2.27. The molecule has 1 amide bonds. The van der Waals surface area contributed by atoms with Gasteiger partial charge in [-0.2, -0.15) is 0 Å². The average Bonchev–Trinajstić information content (AvgIpc) is 2.68. The summed E-state index contributed by atoms with van der Waals surface area (Å²) in [6.07, 6.45) is 0.00371. The number of carboxylic acids is 1. The third-order valence-electron chi connectivity index (χ3n) is 4.70. The fraction of sp³-hybridized carbons (Fsp3) is 0.300. The molecule has 1 heterocycles. The van der Waals surface area contributed by atoms with Crippen molar-refractivity contribution in [3.63, 3.8) is 0 Å². The molecule has 142 valence electrons. The zero-order chi connectivity index (χ0) is 19.4. The van der Waals surface area contributed by atoms with Gasteiger partial charge in [-0.1, -0.05) is 35.9 Å². The Bertz CT molecular complexity index is 829. The minimum absolute atomic E-state index is 0.00186. The number of aliphatic carboxylic acids is 1. The largest absolute Gasteiger partial charge is 0.488 e. The van der Waals surface area contributed by atoms with Gasteiger partial charge in [-0.05, 0) is 29.8 Å². The lowest BCUT2D eigenvalue weighted by molar-refractivity contribution is -0.162. The van der Waals surface area contributed by atoms with Crippen LogP contribution >= 0.6 is 11.6 Å². The first-order valence-corrected chi connectivity index (χ1v) is 8.98. The Kier molecular flexibility index (Phi) is 5.68. The molecule has 0 bridgehead atoms. The third-order valence-corrected chi connectivity index (χ3v) is 4.95. The van der Waals surface area contributed by atoms with Gasteiger partial charge in [0, 0.05) is 31.0 Å². The number of piperidine rings is 1. The molecule has 0 aliphatic carbocycles. The van der Waals surface area contributed by atoms with Crippen molar-refractivity contribution in [1.82, 2.24) is 4.90 Å². The standard InChI is InChI=1S/C20H20ClNO5/c21-15-7-5-14(6-8-15)13-27-17-4-2-1-3-16(17)18(23)22-11-9-20(26,10-12-22)19(24)25/h1-8,26H,9-13H2,(H,24,25). The Balaban J connectivity index is 1.69. The molecule has 0 atom stereocenters. The van der Waals surface area contributed by atoms with Crippen molar-refractivity contribution < 1.29 is 24.5 Å². The molecule has 0 radical (unpaired) electrons. The van der Waals surface area contributed by atoms with E-state index in [1.54, 1.807) is 41.3 Å². The normalized spacial score (nSPS) is 16.0. The number of likely N-dealkylation sites (tertiary alicyclic amines) is 1. The van der Waals surface area contributed by atoms with Crippen LogP contribution in [-0.4, -0.2) is 45.7 Å². The van der Waals surface area contributed by atoms with Crippen molar-refractivity contribution in [2.24, 2.45) is 0 Å². The molecule has 0 unspecified atom stereocenters. The van der Waals surface area contributed by atoms with Crippen LogP contribution in [0.2, 0.25) is 5.02 Å². The summed E-state index contributed by atoms with van der Waals surface area (Å²) < 4.78 is 5.82. The molecule has 1 fully saturated rings. The number of benzene rings is 2. The van der Waals surface area contributed by atoms with Crippen LogP contribution in [0.1, 0.15) is 28.8 Å². The summed E-state index contributed by atoms with van der Waals surface area (Å²) in [5, 5.41) is 19.8. The maximum absolute atomic E-state index is 12.9. The maximum atomic E-state index is 12.9. The Morgan fingerprint density at radius 1 is 1.07 bits per heavy atom. The number of carboxylic acid groups (broad SMARTS) is 1. The summed E-state index contributed by atoms with van der Waals surface area (Å²) in [5.74, 6) is -1.04. The van der Waals surface area contributed by atoms with Crippen LogP contribution in [0.25, 0.3) is 0 Å². The number of para-hydroxylation sites is 1. The van der Waals surface area contributed by atoms with Gasteiger partial charge in [0.25, 0.3) is 5.91 Å². The van der Waals surface area contributed by atoms with Gasteiger partial charge in [0.15, 0.2) is 5.60 Å². The number of halogens is 1. The molecular weight excluding hydrogens is 370 g/mol. The number of aliphatic hydroxyl groups is 1. The van der Waals surface area contributed by atoms with Crippen molar-refractivity contribution >= 4 is 23.5 Å². The highest BCUT2D eigenvalue weighted by Gasteiger charge is 2.40. The van der Waals surface area contributed by atoms with Crippen molar-refractivity contribution in [3.05, 3.63) is 64.7 Å². The van der Waals surface area contributed by atoms with Gasteiger partial charge in [0.2, 0.25) is 0 Å². The van der Waals surface area contributed by atoms with Gasteiger partial charge in [-0.25, -0.2) is 4.79 Å². The molecule has 6 nitrogen and oxygen atoms in total. The number of carbonyl (C=O) groups is 2. The number of hydrogen-bond donors (Lipinski definition) is 2. The second-order valence-electron chi connectivity index (χ2n) is 6.54. The maximum Gasteiger partial charge on any atom is 0.335 e. The monoisotopic (exact) mass is 389 g/mol. The van der Waals surface area contributed by atoms with Crippen LogP contribution in [-0.2, 0) is 11.4 Å². The van der Waals surface area contributed by atoms with Crippen LogP contribution in [0.4, 0.5) is 0 Å². The fourth-order valence-electron chi connectivity index (χ4n) is 2.97. The lowest BCUT2D eigenvalue weighted by Gasteiger charge is -2.35. The SMILES string of the molecule is O=C(c1ccccc1OCc1ccc(Cl)cc1)N1CCC(O)(C(=O)O)CC1. The van der Waals surface area contributed by atoms with E-state index in [1.165, 1.54) is 0 Å². The van der Waals surface area contributed by atoms with Gasteiger partial charge in [0.05, 0.1) is 5.56 Å². The van der Waals surface area contributed by atoms with E-state index in [0.29, 0.717) is 22.9 Å². The topological polar surface area (TPSA) is 87.1 Å². The van der Waals surface area contributed by atoms with Gasteiger partial charge in [-0.15, -0.1) is 0 Å². The summed E-state index contributed by atoms with van der Waals surface area (Å²) in [5.41, 5.74) is -0.431. The lowest BCUT2D eigenvalue weighted by atomic mass is 9.91. The number of hydrogen-bond acceptors (Lipinski definition) is 4. The second kappa shape index (κ2) is 7.98. The highest BCUT2D eigenvalue weighted by atomic mass is 35.5. The smallest absolute Gasteiger partial charge is 0.335 e. The number of nitrogens with zero attached hydrogens (tertiary/aromatic N) is 1. The Labute approximate surface area is 161 Å². The van der Waals surface area contributed by atoms with Crippen LogP contribution in [0.3, 0.4) is 0 Å². The molecule has 2 aromatic rings. The molecule has 0 spiro atoms. The average molecular weight is 390 g/mol. The van der Waals surface area contributed by atoms with E-state index in [4.69, 9.17) is 21.4 Å². The predicted octanol–water partition coefficient (Wildman–Crippen LogP) is 2.97. The van der Waals surface area contributed by atoms with E-state index in [0.717, 1.165) is 5.56 Å². The summed E-state index contributed by atoms with van der Waals surface area (Å²) >= 11 is 5.88. The van der Waals surface area contributed by atoms with Gasteiger partial charge < -0.3 is 19.8 Å². The van der Waals surface area contributed by atoms with Crippen molar-refractivity contribution in [2.75, 3.05) is 13.1 Å². The molecular formula is C20H20ClNO5. The molecule has 1 aliphatic heterocycles. The van der Waals surface area contributed by atoms with E-state index in [-0.39, 0.29) is 31.8 Å². The summed E-state index contributed by atoms with van der Waals surface area (Å²) in [7, 11) is 0. The summed E-state index contributed by atoms with van der Waals surface area (Å²) in [6, 6.07) is 14.2. The predicted molar refractivity (Wildman–Crippen MR) is 99.9 cm³/mol. The number of carbonyl (C=O) groups excluding carboxylic acids is 1. The first-order chi connectivity index (χ1) is 12.9. The molecule has 27 heavy (non-hydrogen) atoms. The molecule has 3 rings (SSSR count). The van der Waals surface area contributed by atoms with Gasteiger partial charge in [-0.3, -0.25) is 4.79 Å². The quantitative estimate of drug-likeness (QED) is 0.820. The molecule has 1 saturated heterocycles. The summed E-state index contributed by atoms with van der Waals surface area (Å²) in [6.45, 7) is 0.639. The van der Waals surface area contributed by atoms with Crippen molar-refractivity contribution in [3.8, 4) is 5.75 Å². The fourth-order valence-corrected chi connectivity index (χ4v) is 3.10. The Hall–Kier alpha value is -2.57. The number of rotatable bonds is 5. The molecule has 2 aromatic carbocycles. The van der Waals surface area contributed by atoms with E-state index >= 15 is 0 Å². The number of amides is 1. The van der Waals surface area contributed by atoms with Crippen LogP contribution in [0, 0.1) is 0 Å². The molecule has 1 aliphatic rings. The Morgan fingerprint density at radius 2 is 1.70 bits per heavy atom. The van der Waals surface area contributed by atoms with Crippen molar-refractivity contribution in [2.45, 2.75) is 25.0 Å². The first kappa shape index (κ1) is 19.2. The van der Waals surface area contributed by atoms with Crippen LogP contribution in [0.15, 0.2) is 48.5 Å². The highest BCUT2D eigenvalue weighted by molar-refractivity contribution is 6.30. The Morgan fingerprint density at radius 3 is 2.33 bits per heavy atom. The molecule has 7 heteroatoms. The molecule has 0 saturated carbocycles. The molecule has 2 N–H and O–H groups in total. The minimum atomic E-state index is -1.76. The van der Waals surface area contributed by atoms with E-state index in [9.17, 15) is 14.7 Å².